The largest absolute Gasteiger partial charge is 0.504 e. The highest BCUT2D eigenvalue weighted by molar-refractivity contribution is 6.04. The van der Waals surface area contributed by atoms with Crippen LogP contribution in [0.15, 0.2) is 55.2 Å². The van der Waals surface area contributed by atoms with Gasteiger partial charge in [0.25, 0.3) is 5.91 Å². The molecule has 0 aliphatic heterocycles. The van der Waals surface area contributed by atoms with Crippen LogP contribution in [0.3, 0.4) is 0 Å². The molecule has 2 N–H and O–H groups in total. The quantitative estimate of drug-likeness (QED) is 0.764. The first kappa shape index (κ1) is 13.7. The fourth-order valence-electron chi connectivity index (χ4n) is 1.94. The number of hydrogen-bond donors (Lipinski definition) is 2. The lowest BCUT2D eigenvalue weighted by atomic mass is 10.1. The van der Waals surface area contributed by atoms with Crippen LogP contribution < -0.4 is 5.32 Å². The number of nitrogens with zero attached hydrogens (tertiary/aromatic N) is 4. The van der Waals surface area contributed by atoms with E-state index in [1.807, 2.05) is 12.1 Å². The summed E-state index contributed by atoms with van der Waals surface area (Å²) >= 11 is 0. The third kappa shape index (κ3) is 3.09. The van der Waals surface area contributed by atoms with Gasteiger partial charge in [0.2, 0.25) is 0 Å². The standard InChI is InChI=1S/C15H13N5O2/c21-13-2-1-7-17-14(13)19-15(22)12-5-3-11(4-6-12)8-20-10-16-9-18-20/h1-7,9-10,21H,8H2,(H,17,19,22). The van der Waals surface area contributed by atoms with Gasteiger partial charge in [-0.25, -0.2) is 14.6 Å². The third-order valence-corrected chi connectivity index (χ3v) is 3.05. The molecule has 3 aromatic rings. The molecule has 7 nitrogen and oxygen atoms in total. The van der Waals surface area contributed by atoms with E-state index in [1.54, 1.807) is 29.2 Å². The number of hydrogen-bond acceptors (Lipinski definition) is 5. The Kier molecular flexibility index (Phi) is 3.78. The molecule has 0 unspecified atom stereocenters. The highest BCUT2D eigenvalue weighted by Crippen LogP contribution is 2.19. The van der Waals surface area contributed by atoms with Crippen LogP contribution in [0.4, 0.5) is 5.82 Å². The summed E-state index contributed by atoms with van der Waals surface area (Å²) in [6.07, 6.45) is 4.60. The normalized spacial score (nSPS) is 10.4. The number of aromatic nitrogens is 4. The summed E-state index contributed by atoms with van der Waals surface area (Å²) in [6.45, 7) is 0.586. The first-order chi connectivity index (χ1) is 10.7. The predicted molar refractivity (Wildman–Crippen MR) is 79.4 cm³/mol. The Hall–Kier alpha value is -3.22. The Morgan fingerprint density at radius 2 is 2.05 bits per heavy atom. The topological polar surface area (TPSA) is 92.9 Å². The van der Waals surface area contributed by atoms with E-state index in [0.29, 0.717) is 12.1 Å². The second kappa shape index (κ2) is 6.04. The summed E-state index contributed by atoms with van der Waals surface area (Å²) in [5.41, 5.74) is 1.48. The van der Waals surface area contributed by atoms with Gasteiger partial charge in [0.15, 0.2) is 11.6 Å². The van der Waals surface area contributed by atoms with Crippen molar-refractivity contribution in [2.24, 2.45) is 0 Å². The van der Waals surface area contributed by atoms with E-state index in [2.05, 4.69) is 20.4 Å². The van der Waals surface area contributed by atoms with Crippen LogP contribution >= 0.6 is 0 Å². The van der Waals surface area contributed by atoms with Gasteiger partial charge in [0, 0.05) is 11.8 Å². The van der Waals surface area contributed by atoms with Crippen LogP contribution in [0, 0.1) is 0 Å². The van der Waals surface area contributed by atoms with Gasteiger partial charge in [0.05, 0.1) is 6.54 Å². The number of benzene rings is 1. The van der Waals surface area contributed by atoms with Crippen molar-refractivity contribution in [2.45, 2.75) is 6.54 Å². The third-order valence-electron chi connectivity index (χ3n) is 3.05. The van der Waals surface area contributed by atoms with Gasteiger partial charge in [-0.15, -0.1) is 0 Å². The van der Waals surface area contributed by atoms with Crippen molar-refractivity contribution in [3.05, 3.63) is 66.4 Å². The molecule has 1 amide bonds. The van der Waals surface area contributed by atoms with Crippen molar-refractivity contribution in [1.82, 2.24) is 19.7 Å². The molecule has 7 heteroatoms. The first-order valence-corrected chi connectivity index (χ1v) is 6.59. The van der Waals surface area contributed by atoms with Gasteiger partial charge in [0.1, 0.15) is 12.7 Å². The number of anilines is 1. The fourth-order valence-corrected chi connectivity index (χ4v) is 1.94. The monoisotopic (exact) mass is 295 g/mol. The van der Waals surface area contributed by atoms with Crippen LogP contribution in [0.1, 0.15) is 15.9 Å². The number of carbonyl (C=O) groups excluding carboxylic acids is 1. The zero-order chi connectivity index (χ0) is 15.4. The molecule has 0 spiro atoms. The van der Waals surface area contributed by atoms with E-state index < -0.39 is 0 Å². The maximum Gasteiger partial charge on any atom is 0.256 e. The molecule has 0 radical (unpaired) electrons. The summed E-state index contributed by atoms with van der Waals surface area (Å²) in [6, 6.07) is 10.2. The second-order valence-corrected chi connectivity index (χ2v) is 4.62. The maximum atomic E-state index is 12.1. The second-order valence-electron chi connectivity index (χ2n) is 4.62. The molecule has 0 saturated carbocycles. The predicted octanol–water partition coefficient (Wildman–Crippen LogP) is 1.68. The Balaban J connectivity index is 1.70. The van der Waals surface area contributed by atoms with E-state index in [4.69, 9.17) is 0 Å². The highest BCUT2D eigenvalue weighted by Gasteiger charge is 2.09. The molecular weight excluding hydrogens is 282 g/mol. The number of amides is 1. The Bertz CT molecular complexity index is 769. The van der Waals surface area contributed by atoms with Gasteiger partial charge in [-0.1, -0.05) is 12.1 Å². The van der Waals surface area contributed by atoms with Crippen LogP contribution in [-0.2, 0) is 6.54 Å². The molecule has 0 saturated heterocycles. The molecule has 110 valence electrons. The van der Waals surface area contributed by atoms with Crippen LogP contribution in [0.5, 0.6) is 5.75 Å². The molecule has 0 aliphatic carbocycles. The molecule has 1 aromatic carbocycles. The lowest BCUT2D eigenvalue weighted by Crippen LogP contribution is -2.13. The van der Waals surface area contributed by atoms with Crippen LogP contribution in [0.25, 0.3) is 0 Å². The zero-order valence-corrected chi connectivity index (χ0v) is 11.5. The van der Waals surface area contributed by atoms with Crippen molar-refractivity contribution in [2.75, 3.05) is 5.32 Å². The molecule has 22 heavy (non-hydrogen) atoms. The van der Waals surface area contributed by atoms with Gasteiger partial charge in [-0.05, 0) is 29.8 Å². The van der Waals surface area contributed by atoms with Crippen LogP contribution in [0.2, 0.25) is 0 Å². The molecule has 0 fully saturated rings. The maximum absolute atomic E-state index is 12.1. The Morgan fingerprint density at radius 1 is 1.23 bits per heavy atom. The van der Waals surface area contributed by atoms with Crippen molar-refractivity contribution >= 4 is 11.7 Å². The summed E-state index contributed by atoms with van der Waals surface area (Å²) in [4.78, 5) is 19.9. The molecule has 2 heterocycles. The molecule has 0 aliphatic rings. The minimum atomic E-state index is -0.332. The number of aromatic hydroxyl groups is 1. The smallest absolute Gasteiger partial charge is 0.256 e. The van der Waals surface area contributed by atoms with Crippen LogP contribution in [-0.4, -0.2) is 30.8 Å². The summed E-state index contributed by atoms with van der Waals surface area (Å²) in [5.74, 6) is -0.265. The van der Waals surface area contributed by atoms with E-state index >= 15 is 0 Å². The zero-order valence-electron chi connectivity index (χ0n) is 11.5. The Morgan fingerprint density at radius 3 is 2.73 bits per heavy atom. The molecule has 0 bridgehead atoms. The number of nitrogens with one attached hydrogen (secondary N) is 1. The highest BCUT2D eigenvalue weighted by atomic mass is 16.3. The van der Waals surface area contributed by atoms with Gasteiger partial charge in [-0.2, -0.15) is 5.10 Å². The van der Waals surface area contributed by atoms with Crippen molar-refractivity contribution in [3.63, 3.8) is 0 Å². The van der Waals surface area contributed by atoms with Crippen molar-refractivity contribution < 1.29 is 9.90 Å². The summed E-state index contributed by atoms with van der Waals surface area (Å²) in [7, 11) is 0. The van der Waals surface area contributed by atoms with E-state index in [9.17, 15) is 9.90 Å². The van der Waals surface area contributed by atoms with E-state index in [1.165, 1.54) is 18.6 Å². The minimum Gasteiger partial charge on any atom is -0.504 e. The molecule has 0 atom stereocenters. The average molecular weight is 295 g/mol. The summed E-state index contributed by atoms with van der Waals surface area (Å²) < 4.78 is 1.70. The summed E-state index contributed by atoms with van der Waals surface area (Å²) in [5, 5.41) is 16.2. The SMILES string of the molecule is O=C(Nc1ncccc1O)c1ccc(Cn2cncn2)cc1. The molecule has 3 rings (SSSR count). The van der Waals surface area contributed by atoms with Gasteiger partial charge in [-0.3, -0.25) is 4.79 Å². The lowest BCUT2D eigenvalue weighted by Gasteiger charge is -2.07. The lowest BCUT2D eigenvalue weighted by molar-refractivity contribution is 0.102. The van der Waals surface area contributed by atoms with Gasteiger partial charge >= 0.3 is 0 Å². The minimum absolute atomic E-state index is 0.0707. The molecular formula is C15H13N5O2. The number of pyridine rings is 1. The van der Waals surface area contributed by atoms with Crippen molar-refractivity contribution in [3.8, 4) is 5.75 Å². The van der Waals surface area contributed by atoms with Gasteiger partial charge < -0.3 is 10.4 Å². The number of carbonyl (C=O) groups is 1. The average Bonchev–Trinajstić information content (AvgIpc) is 3.03. The Labute approximate surface area is 126 Å². The fraction of sp³-hybridized carbons (Fsp3) is 0.0667. The molecule has 2 aromatic heterocycles. The first-order valence-electron chi connectivity index (χ1n) is 6.59. The van der Waals surface area contributed by atoms with E-state index in [0.717, 1.165) is 5.56 Å². The van der Waals surface area contributed by atoms with E-state index in [-0.39, 0.29) is 17.5 Å². The van der Waals surface area contributed by atoms with Crippen molar-refractivity contribution in [1.29, 1.82) is 0 Å². The number of rotatable bonds is 4.